The second kappa shape index (κ2) is 2.66. The van der Waals surface area contributed by atoms with E-state index in [9.17, 15) is 0 Å². The topological polar surface area (TPSA) is 0 Å². The van der Waals surface area contributed by atoms with Gasteiger partial charge >= 0.3 is 68.5 Å². The van der Waals surface area contributed by atoms with Gasteiger partial charge in [-0.25, -0.2) is 0 Å². The third-order valence-electron chi connectivity index (χ3n) is 1.02. The van der Waals surface area contributed by atoms with Crippen molar-refractivity contribution in [1.82, 2.24) is 0 Å². The molecule has 0 atom stereocenters. The monoisotopic (exact) mass is 180 g/mol. The van der Waals surface area contributed by atoms with Crippen molar-refractivity contribution in [1.29, 1.82) is 0 Å². The molecule has 0 aliphatic carbocycles. The molecule has 0 bridgehead atoms. The first-order valence-electron chi connectivity index (χ1n) is 2.53. The van der Waals surface area contributed by atoms with Gasteiger partial charge in [-0.05, 0) is 0 Å². The molecule has 0 aliphatic rings. The molecule has 8 heavy (non-hydrogen) atoms. The SMILES string of the molecule is C=c1cc[c](=[YH])cc1. The van der Waals surface area contributed by atoms with Crippen LogP contribution in [0.2, 0.25) is 0 Å². The molecule has 1 aromatic rings. The second-order valence-corrected chi connectivity index (χ2v) is 3.82. The fourth-order valence-electron chi connectivity index (χ4n) is 0.539. The number of rotatable bonds is 0. The molecule has 0 aliphatic heterocycles. The van der Waals surface area contributed by atoms with Gasteiger partial charge < -0.3 is 0 Å². The Morgan fingerprint density at radius 2 is 1.62 bits per heavy atom. The van der Waals surface area contributed by atoms with E-state index in [0.717, 1.165) is 35.7 Å². The number of hydrogen-bond acceptors (Lipinski definition) is 0. The molecular weight excluding hydrogens is 173 g/mol. The van der Waals surface area contributed by atoms with Crippen molar-refractivity contribution in [2.24, 2.45) is 0 Å². The Kier molecular flexibility index (Phi) is 2.10. The maximum absolute atomic E-state index is 3.78. The first-order valence-corrected chi connectivity index (χ1v) is 4.27. The van der Waals surface area contributed by atoms with Gasteiger partial charge in [-0.3, -0.25) is 0 Å². The van der Waals surface area contributed by atoms with Crippen LogP contribution in [0.15, 0.2) is 24.3 Å². The van der Waals surface area contributed by atoms with Crippen molar-refractivity contribution in [2.45, 2.75) is 0 Å². The Bertz CT molecular complexity index is 212. The summed E-state index contributed by atoms with van der Waals surface area (Å²) in [4.78, 5) is 0. The minimum absolute atomic E-state index is 0.937. The van der Waals surface area contributed by atoms with Crippen molar-refractivity contribution in [2.75, 3.05) is 0 Å². The fraction of sp³-hybridized carbons (Fsp3) is 0. The maximum atomic E-state index is 3.78. The normalized spacial score (nSPS) is 8.88. The Balaban J connectivity index is 3.44. The Morgan fingerprint density at radius 1 is 1.12 bits per heavy atom. The van der Waals surface area contributed by atoms with E-state index in [2.05, 4.69) is 30.8 Å². The molecule has 1 heteroatoms. The van der Waals surface area contributed by atoms with E-state index in [1.165, 1.54) is 1.95 Å². The molecule has 0 fully saturated rings. The average molecular weight is 180 g/mol. The molecule has 0 heterocycles. The fourth-order valence-corrected chi connectivity index (χ4v) is 1.12. The van der Waals surface area contributed by atoms with Crippen molar-refractivity contribution < 1.29 is 30.4 Å². The van der Waals surface area contributed by atoms with Gasteiger partial charge in [-0.2, -0.15) is 0 Å². The summed E-state index contributed by atoms with van der Waals surface area (Å²) in [5.74, 6) is 0. The van der Waals surface area contributed by atoms with Gasteiger partial charge in [-0.1, -0.05) is 0 Å². The molecule has 0 spiro atoms. The molecule has 0 aromatic heterocycles. The van der Waals surface area contributed by atoms with E-state index in [4.69, 9.17) is 0 Å². The predicted molar refractivity (Wildman–Crippen MR) is 31.8 cm³/mol. The summed E-state index contributed by atoms with van der Waals surface area (Å²) in [5.41, 5.74) is 0. The number of benzene rings is 1. The molecular formula is C7H7Y. The van der Waals surface area contributed by atoms with Crippen LogP contribution in [-0.2, 0) is 30.4 Å². The average Bonchev–Trinajstić information content (AvgIpc) is 1.77. The third kappa shape index (κ3) is 1.61. The van der Waals surface area contributed by atoms with Crippen LogP contribution in [0.4, 0.5) is 0 Å². The van der Waals surface area contributed by atoms with Crippen molar-refractivity contribution in [3.63, 3.8) is 0 Å². The zero-order valence-corrected chi connectivity index (χ0v) is 8.20. The van der Waals surface area contributed by atoms with Gasteiger partial charge in [0.15, 0.2) is 0 Å². The van der Waals surface area contributed by atoms with Gasteiger partial charge in [0.1, 0.15) is 0 Å². The van der Waals surface area contributed by atoms with Crippen molar-refractivity contribution >= 4 is 6.58 Å². The molecule has 0 saturated carbocycles. The van der Waals surface area contributed by atoms with Crippen molar-refractivity contribution in [3.8, 4) is 0 Å². The molecule has 1 aromatic carbocycles. The Labute approximate surface area is 68.1 Å². The van der Waals surface area contributed by atoms with Gasteiger partial charge in [0, 0.05) is 0 Å². The van der Waals surface area contributed by atoms with E-state index in [1.54, 1.807) is 0 Å². The Hall–Kier alpha value is 0.194. The van der Waals surface area contributed by atoms with Gasteiger partial charge in [0.05, 0.1) is 0 Å². The standard InChI is InChI=1S/C7H6.Y.H/c1-7-5-3-2-4-6-7;;/h3-6H,1H2;;. The zero-order chi connectivity index (χ0) is 5.98. The second-order valence-electron chi connectivity index (χ2n) is 1.82. The van der Waals surface area contributed by atoms with Crippen LogP contribution in [0.1, 0.15) is 0 Å². The first-order chi connectivity index (χ1) is 3.79. The number of hydrogen-bond donors (Lipinski definition) is 0. The van der Waals surface area contributed by atoms with Gasteiger partial charge in [0.2, 0.25) is 0 Å². The third-order valence-corrected chi connectivity index (χ3v) is 2.18. The predicted octanol–water partition coefficient (Wildman–Crippen LogP) is 0.627. The van der Waals surface area contributed by atoms with Crippen LogP contribution in [0.25, 0.3) is 6.58 Å². The van der Waals surface area contributed by atoms with Crippen molar-refractivity contribution in [3.05, 3.63) is 31.4 Å². The van der Waals surface area contributed by atoms with E-state index >= 15 is 0 Å². The Morgan fingerprint density at radius 3 is 2.00 bits per heavy atom. The summed E-state index contributed by atoms with van der Waals surface area (Å²) in [6.07, 6.45) is 0. The molecule has 0 N–H and O–H groups in total. The minimum atomic E-state index is 0.937. The summed E-state index contributed by atoms with van der Waals surface area (Å²) in [7, 11) is 0. The van der Waals surface area contributed by atoms with Crippen LogP contribution in [0.5, 0.6) is 0 Å². The van der Waals surface area contributed by atoms with Crippen LogP contribution in [0, 0.1) is 1.95 Å². The molecule has 1 rings (SSSR count). The van der Waals surface area contributed by atoms with Crippen LogP contribution in [-0.4, -0.2) is 0 Å². The van der Waals surface area contributed by atoms with Crippen LogP contribution in [0.3, 0.4) is 0 Å². The summed E-state index contributed by atoms with van der Waals surface area (Å²) < 4.78 is 1.46. The zero-order valence-electron chi connectivity index (χ0n) is 4.72. The molecule has 0 radical (unpaired) electrons. The summed E-state index contributed by atoms with van der Waals surface area (Å²) in [6.45, 7) is 3.78. The molecule has 0 unspecified atom stereocenters. The quantitative estimate of drug-likeness (QED) is 0.549. The molecule has 38 valence electrons. The van der Waals surface area contributed by atoms with E-state index in [1.807, 2.05) is 0 Å². The van der Waals surface area contributed by atoms with Gasteiger partial charge in [-0.15, -0.1) is 0 Å². The van der Waals surface area contributed by atoms with Crippen LogP contribution < -0.4 is 5.22 Å². The summed E-state index contributed by atoms with van der Waals surface area (Å²) in [5, 5.41) is 1.11. The first kappa shape index (κ1) is 6.32. The molecule has 0 amide bonds. The van der Waals surface area contributed by atoms with E-state index in [-0.39, 0.29) is 0 Å². The van der Waals surface area contributed by atoms with Crippen LogP contribution >= 0.6 is 0 Å². The summed E-state index contributed by atoms with van der Waals surface area (Å²) in [6, 6.07) is 8.37. The molecule has 0 nitrogen and oxygen atoms in total. The molecule has 0 saturated heterocycles. The summed E-state index contributed by atoms with van der Waals surface area (Å²) >= 11 is 0.937. The van der Waals surface area contributed by atoms with Gasteiger partial charge in [0.25, 0.3) is 0 Å². The van der Waals surface area contributed by atoms with E-state index in [0.29, 0.717) is 0 Å². The van der Waals surface area contributed by atoms with E-state index < -0.39 is 0 Å².